The molecule has 1 aliphatic rings. The number of benzene rings is 2. The van der Waals surface area contributed by atoms with E-state index in [1.807, 2.05) is 31.3 Å². The minimum Gasteiger partial charge on any atom is -0.479 e. The molecule has 0 spiro atoms. The highest BCUT2D eigenvalue weighted by Crippen LogP contribution is 2.32. The smallest absolute Gasteiger partial charge is 0.183 e. The number of unbranched alkanes of at least 4 members (excludes halogenated alkanes) is 3. The summed E-state index contributed by atoms with van der Waals surface area (Å²) in [5, 5.41) is 7.20. The molecule has 1 heterocycles. The highest BCUT2D eigenvalue weighted by Gasteiger charge is 2.21. The molecule has 168 valence electrons. The Morgan fingerprint density at radius 1 is 1.10 bits per heavy atom. The molecule has 2 N–H and O–H groups in total. The Balaban J connectivity index is 1.67. The molecule has 0 radical (unpaired) electrons. The fourth-order valence-electron chi connectivity index (χ4n) is 3.81. The monoisotopic (exact) mass is 463 g/mol. The number of para-hydroxylation sites is 1. The van der Waals surface area contributed by atoms with Gasteiger partial charge in [-0.15, -0.1) is 0 Å². The average Bonchev–Trinajstić information content (AvgIpc) is 3.29. The summed E-state index contributed by atoms with van der Waals surface area (Å²) in [7, 11) is -0.902. The molecule has 0 fully saturated rings. The second-order valence-corrected chi connectivity index (χ2v) is 8.91. The third-order valence-electron chi connectivity index (χ3n) is 5.36. The van der Waals surface area contributed by atoms with Gasteiger partial charge in [-0.1, -0.05) is 48.7 Å². The van der Waals surface area contributed by atoms with Crippen molar-refractivity contribution in [3.05, 3.63) is 58.6 Å². The van der Waals surface area contributed by atoms with Gasteiger partial charge in [0.25, 0.3) is 0 Å². The molecule has 2 aromatic carbocycles. The van der Waals surface area contributed by atoms with Crippen LogP contribution in [-0.4, -0.2) is 41.1 Å². The van der Waals surface area contributed by atoms with E-state index in [1.165, 1.54) is 6.07 Å². The fourth-order valence-corrected chi connectivity index (χ4v) is 4.72. The highest BCUT2D eigenvalue weighted by molar-refractivity contribution is 7.72. The molecule has 3 rings (SSSR count). The van der Waals surface area contributed by atoms with Crippen molar-refractivity contribution in [2.45, 2.75) is 43.0 Å². The van der Waals surface area contributed by atoms with E-state index in [0.29, 0.717) is 10.6 Å². The molecule has 0 bridgehead atoms. The minimum absolute atomic E-state index is 0.253. The van der Waals surface area contributed by atoms with Gasteiger partial charge in [0, 0.05) is 24.2 Å². The van der Waals surface area contributed by atoms with Crippen molar-refractivity contribution >= 4 is 33.9 Å². The van der Waals surface area contributed by atoms with Crippen LogP contribution in [0.3, 0.4) is 0 Å². The number of nitrogens with zero attached hydrogens (tertiary/aromatic N) is 1. The Morgan fingerprint density at radius 2 is 1.90 bits per heavy atom. The predicted molar refractivity (Wildman–Crippen MR) is 127 cm³/mol. The lowest BCUT2D eigenvalue weighted by molar-refractivity contribution is 0.336. The second-order valence-electron chi connectivity index (χ2n) is 7.47. The Hall–Kier alpha value is -2.09. The maximum atomic E-state index is 11.9. The number of aliphatic imine (C=N–C) groups is 1. The van der Waals surface area contributed by atoms with Crippen LogP contribution in [-0.2, 0) is 15.4 Å². The fraction of sp³-hybridized carbons (Fsp3) is 0.435. The van der Waals surface area contributed by atoms with Crippen molar-refractivity contribution in [2.75, 3.05) is 32.1 Å². The van der Waals surface area contributed by atoms with Crippen molar-refractivity contribution in [2.24, 2.45) is 4.99 Å². The number of nitrogens with one attached hydrogen (secondary N) is 2. The zero-order valence-electron chi connectivity index (χ0n) is 17.8. The van der Waals surface area contributed by atoms with E-state index in [1.54, 1.807) is 12.1 Å². The summed E-state index contributed by atoms with van der Waals surface area (Å²) >= 11 is 6.08. The molecule has 1 aliphatic heterocycles. The van der Waals surface area contributed by atoms with Crippen LogP contribution in [0.25, 0.3) is 0 Å². The third-order valence-corrected chi connectivity index (χ3v) is 6.37. The van der Waals surface area contributed by atoms with Crippen LogP contribution in [0.1, 0.15) is 49.3 Å². The molecule has 6 nitrogen and oxygen atoms in total. The first-order valence-corrected chi connectivity index (χ1v) is 12.3. The van der Waals surface area contributed by atoms with Gasteiger partial charge in [0.1, 0.15) is 6.61 Å². The minimum atomic E-state index is -2.77. The maximum absolute atomic E-state index is 11.9. The number of anilines is 1. The zero-order valence-corrected chi connectivity index (χ0v) is 19.4. The van der Waals surface area contributed by atoms with E-state index in [4.69, 9.17) is 16.3 Å². The summed E-state index contributed by atoms with van der Waals surface area (Å²) < 4.78 is 29.3. The summed E-state index contributed by atoms with van der Waals surface area (Å²) in [6.07, 6.45) is 5.18. The molecule has 1 atom stereocenters. The van der Waals surface area contributed by atoms with E-state index < -0.39 is 10.7 Å². The summed E-state index contributed by atoms with van der Waals surface area (Å²) in [4.78, 5) is 4.58. The van der Waals surface area contributed by atoms with Crippen molar-refractivity contribution in [3.63, 3.8) is 0 Å². The van der Waals surface area contributed by atoms with E-state index in [9.17, 15) is 8.42 Å². The number of thiol groups is 1. The quantitative estimate of drug-likeness (QED) is 0.321. The van der Waals surface area contributed by atoms with E-state index in [2.05, 4.69) is 15.6 Å². The van der Waals surface area contributed by atoms with Crippen LogP contribution in [0.15, 0.2) is 52.4 Å². The summed E-state index contributed by atoms with van der Waals surface area (Å²) in [5.74, 6) is 0.892. The largest absolute Gasteiger partial charge is 0.479 e. The Labute approximate surface area is 191 Å². The van der Waals surface area contributed by atoms with E-state index in [-0.39, 0.29) is 10.9 Å². The van der Waals surface area contributed by atoms with Crippen molar-refractivity contribution in [1.82, 2.24) is 5.32 Å². The summed E-state index contributed by atoms with van der Waals surface area (Å²) in [6.45, 7) is 2.28. The molecule has 31 heavy (non-hydrogen) atoms. The zero-order chi connectivity index (χ0) is 22.1. The number of hydrogen-bond donors (Lipinski definition) is 3. The Morgan fingerprint density at radius 3 is 2.65 bits per heavy atom. The molecule has 8 heteroatoms. The second kappa shape index (κ2) is 12.1. The maximum Gasteiger partial charge on any atom is 0.183 e. The van der Waals surface area contributed by atoms with Crippen molar-refractivity contribution in [1.29, 1.82) is 0 Å². The molecule has 2 aromatic rings. The van der Waals surface area contributed by atoms with Crippen LogP contribution in [0.5, 0.6) is 0 Å². The molecule has 0 saturated carbocycles. The van der Waals surface area contributed by atoms with Crippen LogP contribution < -0.4 is 10.6 Å². The lowest BCUT2D eigenvalue weighted by Gasteiger charge is -2.24. The van der Waals surface area contributed by atoms with Crippen LogP contribution in [0.2, 0.25) is 5.02 Å². The van der Waals surface area contributed by atoms with Crippen molar-refractivity contribution in [3.8, 4) is 0 Å². The predicted octanol–water partition coefficient (Wildman–Crippen LogP) is 4.41. The van der Waals surface area contributed by atoms with Gasteiger partial charge in [0.2, 0.25) is 0 Å². The van der Waals surface area contributed by atoms with Gasteiger partial charge in [-0.25, -0.2) is 8.42 Å². The number of ether oxygens (including phenoxy) is 1. The number of hydrogen-bond acceptors (Lipinski definition) is 6. The first-order chi connectivity index (χ1) is 15.1. The SMILES string of the molecule is CNc1ccccc1C(NCCCCCCC1=NCCO1)c1ccc(Cl)cc1[SH](=O)=O. The first-order valence-electron chi connectivity index (χ1n) is 10.7. The van der Waals surface area contributed by atoms with Crippen LogP contribution in [0.4, 0.5) is 5.69 Å². The standard InChI is InChI=1S/C23H30ClN3O3S/c1-25-20-9-6-5-8-18(20)23(19-12-11-17(24)16-21(19)31(28)29)27-13-7-3-2-4-10-22-26-14-15-30-22/h5-6,8-9,11-12,16,23,25,27,31H,2-4,7,10,13-15H2,1H3. The molecule has 0 saturated heterocycles. The number of halogens is 1. The van der Waals surface area contributed by atoms with E-state index in [0.717, 1.165) is 68.9 Å². The van der Waals surface area contributed by atoms with Crippen molar-refractivity contribution < 1.29 is 13.2 Å². The molecule has 0 amide bonds. The molecular formula is C23H30ClN3O3S. The molecule has 0 aliphatic carbocycles. The normalized spacial score (nSPS) is 14.4. The van der Waals surface area contributed by atoms with Gasteiger partial charge in [0.15, 0.2) is 16.6 Å². The first kappa shape index (κ1) is 23.6. The van der Waals surface area contributed by atoms with Crippen LogP contribution >= 0.6 is 11.6 Å². The lowest BCUT2D eigenvalue weighted by atomic mass is 9.96. The van der Waals surface area contributed by atoms with Gasteiger partial charge in [0.05, 0.1) is 17.5 Å². The van der Waals surface area contributed by atoms with Gasteiger partial charge >= 0.3 is 0 Å². The molecule has 1 unspecified atom stereocenters. The Kier molecular flexibility index (Phi) is 9.18. The van der Waals surface area contributed by atoms with Crippen LogP contribution in [0, 0.1) is 0 Å². The number of rotatable bonds is 12. The van der Waals surface area contributed by atoms with E-state index >= 15 is 0 Å². The molecular weight excluding hydrogens is 434 g/mol. The van der Waals surface area contributed by atoms with Gasteiger partial charge < -0.3 is 15.4 Å². The third kappa shape index (κ3) is 6.69. The summed E-state index contributed by atoms with van der Waals surface area (Å²) in [5.41, 5.74) is 2.67. The van der Waals surface area contributed by atoms with Gasteiger partial charge in [-0.3, -0.25) is 4.99 Å². The average molecular weight is 464 g/mol. The highest BCUT2D eigenvalue weighted by atomic mass is 35.5. The lowest BCUT2D eigenvalue weighted by Crippen LogP contribution is -2.25. The molecule has 0 aromatic heterocycles. The topological polar surface area (TPSA) is 79.8 Å². The Bertz CT molecular complexity index is 970. The summed E-state index contributed by atoms with van der Waals surface area (Å²) in [6, 6.07) is 12.7. The van der Waals surface area contributed by atoms with Gasteiger partial charge in [-0.2, -0.15) is 0 Å². The van der Waals surface area contributed by atoms with Gasteiger partial charge in [-0.05, 0) is 48.7 Å².